The molecule has 1 atom stereocenters. The number of carbonyl (C=O) groups is 2. The minimum atomic E-state index is -0.571. The minimum absolute atomic E-state index is 0.278. The molecule has 7 nitrogen and oxygen atoms in total. The lowest BCUT2D eigenvalue weighted by Gasteiger charge is -2.61. The van der Waals surface area contributed by atoms with Crippen LogP contribution >= 0.6 is 11.6 Å². The Morgan fingerprint density at radius 2 is 1.64 bits per heavy atom. The number of esters is 1. The van der Waals surface area contributed by atoms with Gasteiger partial charge in [-0.05, 0) is 80.9 Å². The lowest BCUT2D eigenvalue weighted by atomic mass is 9.52. The van der Waals surface area contributed by atoms with Crippen LogP contribution in [0, 0.1) is 17.8 Å². The van der Waals surface area contributed by atoms with Gasteiger partial charge in [0, 0.05) is 49.0 Å². The van der Waals surface area contributed by atoms with Crippen LogP contribution in [0.25, 0.3) is 0 Å². The van der Waals surface area contributed by atoms with Crippen molar-refractivity contribution in [2.24, 2.45) is 17.8 Å². The zero-order chi connectivity index (χ0) is 24.9. The maximum absolute atomic E-state index is 13.1. The molecule has 7 rings (SSSR count). The highest BCUT2D eigenvalue weighted by Crippen LogP contribution is 2.57. The number of piperazine rings is 1. The highest BCUT2D eigenvalue weighted by Gasteiger charge is 2.53. The molecule has 2 heterocycles. The van der Waals surface area contributed by atoms with Gasteiger partial charge in [-0.2, -0.15) is 0 Å². The highest BCUT2D eigenvalue weighted by atomic mass is 35.5. The summed E-state index contributed by atoms with van der Waals surface area (Å²) in [7, 11) is 0. The average molecular weight is 513 g/mol. The number of nitrogens with zero attached hydrogens (tertiary/aromatic N) is 2. The molecule has 4 saturated carbocycles. The van der Waals surface area contributed by atoms with Crippen LogP contribution in [0.4, 0.5) is 4.79 Å². The number of ether oxygens (including phenoxy) is 1. The van der Waals surface area contributed by atoms with Gasteiger partial charge in [0.25, 0.3) is 0 Å². The molecular formula is C28H37ClN4O3. The summed E-state index contributed by atoms with van der Waals surface area (Å²) in [5.41, 5.74) is 2.35. The Hall–Kier alpha value is -2.09. The lowest BCUT2D eigenvalue weighted by molar-refractivity contribution is -0.139. The van der Waals surface area contributed by atoms with Crippen LogP contribution < -0.4 is 10.6 Å². The average Bonchev–Trinajstić information content (AvgIpc) is 2.84. The predicted molar refractivity (Wildman–Crippen MR) is 138 cm³/mol. The zero-order valence-electron chi connectivity index (χ0n) is 21.1. The molecule has 2 N–H and O–H groups in total. The third-order valence-corrected chi connectivity index (χ3v) is 9.54. The molecule has 1 saturated heterocycles. The van der Waals surface area contributed by atoms with E-state index in [2.05, 4.69) is 20.4 Å². The van der Waals surface area contributed by atoms with E-state index in [-0.39, 0.29) is 12.6 Å². The smallest absolute Gasteiger partial charge is 0.338 e. The Balaban J connectivity index is 1.19. The largest absolute Gasteiger partial charge is 0.463 e. The molecule has 8 heteroatoms. The summed E-state index contributed by atoms with van der Waals surface area (Å²) in [4.78, 5) is 30.9. The van der Waals surface area contributed by atoms with E-state index in [1.165, 1.54) is 38.5 Å². The van der Waals surface area contributed by atoms with E-state index in [4.69, 9.17) is 16.3 Å². The Bertz CT molecular complexity index is 1010. The molecule has 1 aromatic rings. The second-order valence-electron chi connectivity index (χ2n) is 11.6. The normalized spacial score (nSPS) is 34.4. The van der Waals surface area contributed by atoms with Crippen LogP contribution in [0.1, 0.15) is 57.1 Å². The second kappa shape index (κ2) is 9.66. The van der Waals surface area contributed by atoms with Crippen molar-refractivity contribution in [1.82, 2.24) is 20.4 Å². The standard InChI is InChI=1S/C28H37ClN4O3/c1-2-36-26(34)24-23(30-27(35)31-25(24)21-3-5-22(29)6-4-21)17-32-7-9-33(10-8-32)28-14-18-11-19(15-28)13-20(12-18)16-28/h3-6,18-20,25H,2,7-17H2,1H3,(H2,30,31,35)/t18?,19?,20?,25-,28?/m1/s1. The van der Waals surface area contributed by atoms with Crippen molar-refractivity contribution >= 4 is 23.6 Å². The first kappa shape index (κ1) is 24.3. The number of hydrogen-bond donors (Lipinski definition) is 2. The van der Waals surface area contributed by atoms with Crippen molar-refractivity contribution in [3.8, 4) is 0 Å². The van der Waals surface area contributed by atoms with E-state index < -0.39 is 12.0 Å². The SMILES string of the molecule is CCOC(=O)C1=C(CN2CCN(C34CC5CC(CC(C5)C3)C4)CC2)NC(=O)N[C@@H]1c1ccc(Cl)cc1. The zero-order valence-corrected chi connectivity index (χ0v) is 21.9. The third kappa shape index (κ3) is 4.54. The van der Waals surface area contributed by atoms with E-state index in [1.807, 2.05) is 12.1 Å². The van der Waals surface area contributed by atoms with Gasteiger partial charge in [0.1, 0.15) is 0 Å². The summed E-state index contributed by atoms with van der Waals surface area (Å²) in [5.74, 6) is 2.44. The van der Waals surface area contributed by atoms with E-state index in [0.717, 1.165) is 49.5 Å². The van der Waals surface area contributed by atoms with Gasteiger partial charge in [0.15, 0.2) is 0 Å². The van der Waals surface area contributed by atoms with Crippen LogP contribution in [-0.4, -0.2) is 66.7 Å². The fraction of sp³-hybridized carbons (Fsp3) is 0.643. The molecule has 4 bridgehead atoms. The lowest BCUT2D eigenvalue weighted by Crippen LogP contribution is -2.64. The van der Waals surface area contributed by atoms with Crippen LogP contribution in [-0.2, 0) is 9.53 Å². The van der Waals surface area contributed by atoms with E-state index >= 15 is 0 Å². The van der Waals surface area contributed by atoms with E-state index in [0.29, 0.717) is 28.4 Å². The summed E-state index contributed by atoms with van der Waals surface area (Å²) in [5, 5.41) is 6.45. The van der Waals surface area contributed by atoms with Gasteiger partial charge < -0.3 is 15.4 Å². The van der Waals surface area contributed by atoms with Crippen LogP contribution in [0.3, 0.4) is 0 Å². The molecule has 4 aliphatic carbocycles. The number of carbonyl (C=O) groups excluding carboxylic acids is 2. The van der Waals surface area contributed by atoms with Crippen molar-refractivity contribution in [3.05, 3.63) is 46.1 Å². The van der Waals surface area contributed by atoms with Gasteiger partial charge in [0.05, 0.1) is 18.2 Å². The number of urea groups is 1. The monoisotopic (exact) mass is 512 g/mol. The quantitative estimate of drug-likeness (QED) is 0.561. The maximum atomic E-state index is 13.1. The Kier molecular flexibility index (Phi) is 6.51. The van der Waals surface area contributed by atoms with Gasteiger partial charge in [0.2, 0.25) is 0 Å². The van der Waals surface area contributed by atoms with Gasteiger partial charge in [-0.1, -0.05) is 23.7 Å². The van der Waals surface area contributed by atoms with Crippen molar-refractivity contribution in [3.63, 3.8) is 0 Å². The van der Waals surface area contributed by atoms with Crippen LogP contribution in [0.5, 0.6) is 0 Å². The fourth-order valence-corrected chi connectivity index (χ4v) is 8.28. The summed E-state index contributed by atoms with van der Waals surface area (Å²) >= 11 is 6.08. The molecule has 0 radical (unpaired) electrons. The van der Waals surface area contributed by atoms with Gasteiger partial charge in [-0.15, -0.1) is 0 Å². The van der Waals surface area contributed by atoms with Crippen LogP contribution in [0.15, 0.2) is 35.5 Å². The van der Waals surface area contributed by atoms with E-state index in [1.54, 1.807) is 19.1 Å². The number of rotatable bonds is 6. The number of benzene rings is 1. The fourth-order valence-electron chi connectivity index (χ4n) is 8.15. The maximum Gasteiger partial charge on any atom is 0.338 e. The summed E-state index contributed by atoms with van der Waals surface area (Å²) < 4.78 is 5.43. The second-order valence-corrected chi connectivity index (χ2v) is 12.0. The molecule has 2 amide bonds. The Morgan fingerprint density at radius 1 is 1.03 bits per heavy atom. The molecule has 1 aromatic carbocycles. The molecule has 0 unspecified atom stereocenters. The topological polar surface area (TPSA) is 73.9 Å². The summed E-state index contributed by atoms with van der Waals surface area (Å²) in [6, 6.07) is 6.37. The van der Waals surface area contributed by atoms with Crippen molar-refractivity contribution in [2.75, 3.05) is 39.3 Å². The van der Waals surface area contributed by atoms with Crippen molar-refractivity contribution in [2.45, 2.75) is 57.0 Å². The molecule has 2 aliphatic heterocycles. The molecule has 0 spiro atoms. The van der Waals surface area contributed by atoms with Crippen molar-refractivity contribution in [1.29, 1.82) is 0 Å². The van der Waals surface area contributed by atoms with Gasteiger partial charge in [-0.3, -0.25) is 9.80 Å². The molecule has 6 aliphatic rings. The third-order valence-electron chi connectivity index (χ3n) is 9.28. The molecule has 36 heavy (non-hydrogen) atoms. The number of hydrogen-bond acceptors (Lipinski definition) is 5. The van der Waals surface area contributed by atoms with Crippen LogP contribution in [0.2, 0.25) is 5.02 Å². The van der Waals surface area contributed by atoms with Gasteiger partial charge >= 0.3 is 12.0 Å². The van der Waals surface area contributed by atoms with Gasteiger partial charge in [-0.25, -0.2) is 9.59 Å². The first-order chi connectivity index (χ1) is 17.4. The Morgan fingerprint density at radius 3 is 2.22 bits per heavy atom. The first-order valence-electron chi connectivity index (χ1n) is 13.6. The Labute approximate surface area is 218 Å². The molecular weight excluding hydrogens is 476 g/mol. The highest BCUT2D eigenvalue weighted by molar-refractivity contribution is 6.30. The molecule has 0 aromatic heterocycles. The molecule has 5 fully saturated rings. The summed E-state index contributed by atoms with van der Waals surface area (Å²) in [6.45, 7) is 6.60. The summed E-state index contributed by atoms with van der Waals surface area (Å²) in [6.07, 6.45) is 8.57. The van der Waals surface area contributed by atoms with Crippen molar-refractivity contribution < 1.29 is 14.3 Å². The first-order valence-corrected chi connectivity index (χ1v) is 14.0. The predicted octanol–water partition coefficient (Wildman–Crippen LogP) is 4.10. The van der Waals surface area contributed by atoms with E-state index in [9.17, 15) is 9.59 Å². The number of nitrogens with one attached hydrogen (secondary N) is 2. The number of halogens is 1. The minimum Gasteiger partial charge on any atom is -0.463 e. The number of amides is 2. The molecule has 194 valence electrons.